The molecule has 0 bridgehead atoms. The third kappa shape index (κ3) is 36200. The van der Waals surface area contributed by atoms with E-state index in [1.807, 2.05) is 0 Å². The minimum Gasteiger partial charge on any atom is -0.320 e. The molecular weight excluding hydrogens is 185 g/mol. The van der Waals surface area contributed by atoms with E-state index in [9.17, 15) is 0 Å². The van der Waals surface area contributed by atoms with E-state index in [-0.39, 0.29) is 0 Å². The van der Waals surface area contributed by atoms with Crippen LogP contribution in [0.4, 0.5) is 0 Å². The SMILES string of the molecule is NO.NO.NO.O=P(O)(O)O. The molecule has 0 aromatic heterocycles. The van der Waals surface area contributed by atoms with Crippen molar-refractivity contribution in [2.75, 3.05) is 0 Å². The van der Waals surface area contributed by atoms with E-state index < -0.39 is 7.82 Å². The summed E-state index contributed by atoms with van der Waals surface area (Å²) in [6.07, 6.45) is 0. The number of hydrogen-bond acceptors (Lipinski definition) is 7. The quantitative estimate of drug-likeness (QED) is 0.142. The molecule has 0 amide bonds. The van der Waals surface area contributed by atoms with Crippen LogP contribution in [0.15, 0.2) is 0 Å². The summed E-state index contributed by atoms with van der Waals surface area (Å²) in [6.45, 7) is 0. The van der Waals surface area contributed by atoms with Gasteiger partial charge in [0.1, 0.15) is 0 Å². The van der Waals surface area contributed by atoms with E-state index in [1.165, 1.54) is 0 Å². The van der Waals surface area contributed by atoms with Crippen LogP contribution in [0.25, 0.3) is 0 Å². The summed E-state index contributed by atoms with van der Waals surface area (Å²) in [7, 11) is -4.64. The van der Waals surface area contributed by atoms with Crippen molar-refractivity contribution in [1.29, 1.82) is 0 Å². The molecule has 0 aliphatic heterocycles. The molecule has 12 N–H and O–H groups in total. The topological polar surface area (TPSA) is 217 Å². The van der Waals surface area contributed by atoms with Crippen LogP contribution in [0.2, 0.25) is 0 Å². The Morgan fingerprint density at radius 1 is 0.727 bits per heavy atom. The summed E-state index contributed by atoms with van der Waals surface area (Å²) in [4.78, 5) is 21.6. The predicted molar refractivity (Wildman–Crippen MR) is 32.2 cm³/mol. The highest BCUT2D eigenvalue weighted by molar-refractivity contribution is 7.45. The maximum absolute atomic E-state index is 8.88. The minimum absolute atomic E-state index is 3.50. The lowest BCUT2D eigenvalue weighted by Gasteiger charge is -1.82. The molecule has 0 heterocycles. The van der Waals surface area contributed by atoms with Gasteiger partial charge < -0.3 is 30.3 Å². The van der Waals surface area contributed by atoms with E-state index in [0.717, 1.165) is 0 Å². The van der Waals surface area contributed by atoms with Gasteiger partial charge in [-0.2, -0.15) is 0 Å². The van der Waals surface area contributed by atoms with Crippen molar-refractivity contribution in [3.8, 4) is 0 Å². The first-order valence-electron chi connectivity index (χ1n) is 1.56. The van der Waals surface area contributed by atoms with E-state index in [1.54, 1.807) is 0 Å². The van der Waals surface area contributed by atoms with Gasteiger partial charge in [0.25, 0.3) is 0 Å². The fourth-order valence-corrected chi connectivity index (χ4v) is 0. The second-order valence-corrected chi connectivity index (χ2v) is 1.54. The Hall–Kier alpha value is -0.130. The highest BCUT2D eigenvalue weighted by atomic mass is 31.2. The van der Waals surface area contributed by atoms with Crippen LogP contribution in [0.5, 0.6) is 0 Å². The maximum atomic E-state index is 8.88. The number of nitrogens with two attached hydrogens (primary N) is 3. The van der Waals surface area contributed by atoms with Crippen molar-refractivity contribution in [2.24, 2.45) is 17.7 Å². The Morgan fingerprint density at radius 2 is 0.727 bits per heavy atom. The lowest BCUT2D eigenvalue weighted by molar-refractivity contribution is 0.275. The number of rotatable bonds is 0. The Bertz CT molecular complexity index is 59.8. The van der Waals surface area contributed by atoms with Gasteiger partial charge in [0.05, 0.1) is 0 Å². The van der Waals surface area contributed by atoms with Gasteiger partial charge in [-0.05, 0) is 0 Å². The zero-order valence-corrected chi connectivity index (χ0v) is 6.17. The van der Waals surface area contributed by atoms with Crippen molar-refractivity contribution < 1.29 is 34.9 Å². The molecule has 0 saturated carbocycles. The minimum atomic E-state index is -4.64. The second kappa shape index (κ2) is 22.5. The molecule has 0 aromatic rings. The Kier molecular flexibility index (Phi) is 46.0. The molecule has 0 aliphatic carbocycles. The maximum Gasteiger partial charge on any atom is 0.466 e. The molecule has 11 heteroatoms. The Labute approximate surface area is 61.6 Å². The molecule has 0 radical (unpaired) electrons. The lowest BCUT2D eigenvalue weighted by Crippen LogP contribution is -1.72. The average molecular weight is 197 g/mol. The molecular formula is H12N3O7P. The molecule has 0 fully saturated rings. The van der Waals surface area contributed by atoms with E-state index in [0.29, 0.717) is 0 Å². The third-order valence-corrected chi connectivity index (χ3v) is 0. The summed E-state index contributed by atoms with van der Waals surface area (Å²) in [6, 6.07) is 0. The van der Waals surface area contributed by atoms with Gasteiger partial charge in [0, 0.05) is 0 Å². The van der Waals surface area contributed by atoms with Crippen LogP contribution < -0.4 is 17.7 Å². The first-order chi connectivity index (χ1) is 5.00. The second-order valence-electron chi connectivity index (χ2n) is 0.513. The first kappa shape index (κ1) is 22.4. The number of hydrogen-bond donors (Lipinski definition) is 9. The fourth-order valence-electron chi connectivity index (χ4n) is 0. The van der Waals surface area contributed by atoms with Crippen LogP contribution >= 0.6 is 7.82 Å². The van der Waals surface area contributed by atoms with Crippen LogP contribution in [0.1, 0.15) is 0 Å². The third-order valence-electron chi connectivity index (χ3n) is 0. The molecule has 0 rings (SSSR count). The molecule has 10 nitrogen and oxygen atoms in total. The van der Waals surface area contributed by atoms with Gasteiger partial charge in [0.15, 0.2) is 0 Å². The molecule has 0 unspecified atom stereocenters. The van der Waals surface area contributed by atoms with Gasteiger partial charge in [-0.25, -0.2) is 22.3 Å². The van der Waals surface area contributed by atoms with Crippen molar-refractivity contribution in [3.63, 3.8) is 0 Å². The fraction of sp³-hybridized carbons (Fsp3) is 0. The Morgan fingerprint density at radius 3 is 0.727 bits per heavy atom. The molecule has 0 saturated heterocycles. The van der Waals surface area contributed by atoms with Gasteiger partial charge in [-0.1, -0.05) is 0 Å². The zero-order valence-electron chi connectivity index (χ0n) is 5.27. The van der Waals surface area contributed by atoms with Crippen LogP contribution in [0, 0.1) is 0 Å². The monoisotopic (exact) mass is 197 g/mol. The largest absolute Gasteiger partial charge is 0.466 e. The van der Waals surface area contributed by atoms with Gasteiger partial charge in [0.2, 0.25) is 0 Å². The predicted octanol–water partition coefficient (Wildman–Crippen LogP) is -2.93. The normalized spacial score (nSPS) is 7.00. The van der Waals surface area contributed by atoms with Crippen molar-refractivity contribution in [3.05, 3.63) is 0 Å². The summed E-state index contributed by atoms with van der Waals surface area (Å²) in [5.74, 6) is 10.5. The molecule has 11 heavy (non-hydrogen) atoms. The highest BCUT2D eigenvalue weighted by Gasteiger charge is 2.00. The highest BCUT2D eigenvalue weighted by Crippen LogP contribution is 2.25. The van der Waals surface area contributed by atoms with E-state index >= 15 is 0 Å². The van der Waals surface area contributed by atoms with Gasteiger partial charge in [-0.3, -0.25) is 0 Å². The summed E-state index contributed by atoms with van der Waals surface area (Å²) >= 11 is 0. The molecule has 0 atom stereocenters. The van der Waals surface area contributed by atoms with Crippen molar-refractivity contribution in [2.45, 2.75) is 0 Å². The first-order valence-corrected chi connectivity index (χ1v) is 3.12. The molecule has 0 aliphatic rings. The van der Waals surface area contributed by atoms with Gasteiger partial charge >= 0.3 is 7.82 Å². The van der Waals surface area contributed by atoms with Crippen molar-refractivity contribution in [1.82, 2.24) is 0 Å². The summed E-state index contributed by atoms with van der Waals surface area (Å²) < 4.78 is 8.88. The summed E-state index contributed by atoms with van der Waals surface area (Å²) in [5, 5.41) is 19.5. The van der Waals surface area contributed by atoms with Crippen LogP contribution in [-0.2, 0) is 4.57 Å². The molecule has 74 valence electrons. The smallest absolute Gasteiger partial charge is 0.320 e. The van der Waals surface area contributed by atoms with Crippen LogP contribution in [0.3, 0.4) is 0 Å². The number of phosphoric acid groups is 1. The standard InChI is InChI=1S/3H3NO.H3O4P/c3*1-2;1-5(2,3)4/h3*2H,1H2;(H3,1,2,3,4). The van der Waals surface area contributed by atoms with E-state index in [2.05, 4.69) is 17.7 Å². The summed E-state index contributed by atoms with van der Waals surface area (Å²) in [5.41, 5.74) is 0. The van der Waals surface area contributed by atoms with Crippen molar-refractivity contribution >= 4 is 7.82 Å². The molecule has 0 spiro atoms. The Balaban J connectivity index is -0.0000000350. The van der Waals surface area contributed by atoms with Crippen LogP contribution in [-0.4, -0.2) is 30.3 Å². The average Bonchev–Trinajstić information content (AvgIpc) is 1.96. The van der Waals surface area contributed by atoms with Gasteiger partial charge in [-0.15, -0.1) is 0 Å². The molecule has 0 aromatic carbocycles. The van der Waals surface area contributed by atoms with E-state index in [4.69, 9.17) is 34.9 Å². The zero-order chi connectivity index (χ0) is 10.5. The lowest BCUT2D eigenvalue weighted by atomic mass is 13.6.